The number of phosphoric acid groups is 1. The van der Waals surface area contributed by atoms with Crippen LogP contribution in [-0.4, -0.2) is 11.5 Å². The van der Waals surface area contributed by atoms with Crippen LogP contribution in [0.5, 0.6) is 17.2 Å². The highest BCUT2D eigenvalue weighted by molar-refractivity contribution is 7.48. The molecule has 0 aliphatic rings. The van der Waals surface area contributed by atoms with Crippen molar-refractivity contribution in [2.45, 2.75) is 97.4 Å². The van der Waals surface area contributed by atoms with E-state index in [1.807, 2.05) is 29.3 Å². The Morgan fingerprint density at radius 1 is 0.854 bits per heavy atom. The normalized spacial score (nSPS) is 12.7. The maximum atomic E-state index is 12.8. The van der Waals surface area contributed by atoms with E-state index in [0.717, 1.165) is 18.4 Å². The molecular weight excluding hydrogens is 600 g/mol. The van der Waals surface area contributed by atoms with Crippen molar-refractivity contribution in [3.63, 3.8) is 0 Å². The minimum absolute atomic E-state index is 0.0351. The van der Waals surface area contributed by atoms with Crippen molar-refractivity contribution in [3.05, 3.63) is 68.6 Å². The summed E-state index contributed by atoms with van der Waals surface area (Å²) >= 11 is 14.2. The Bertz CT molecular complexity index is 1250. The number of unbranched alkanes of at least 4 members (excludes halogenated alkanes) is 11. The van der Waals surface area contributed by atoms with Gasteiger partial charge in [0, 0.05) is 11.6 Å². The third-order valence-electron chi connectivity index (χ3n) is 6.66. The van der Waals surface area contributed by atoms with Gasteiger partial charge >= 0.3 is 7.82 Å². The van der Waals surface area contributed by atoms with Gasteiger partial charge in [-0.1, -0.05) is 124 Å². The number of nitrogens with zero attached hydrogens (tertiary/aromatic N) is 1. The van der Waals surface area contributed by atoms with Gasteiger partial charge in [-0.25, -0.2) is 4.57 Å². The van der Waals surface area contributed by atoms with Gasteiger partial charge in [0.2, 0.25) is 5.51 Å². The molecule has 1 aromatic heterocycles. The summed E-state index contributed by atoms with van der Waals surface area (Å²) < 4.78 is 31.4. The van der Waals surface area contributed by atoms with E-state index in [-0.39, 0.29) is 16.5 Å². The summed E-state index contributed by atoms with van der Waals surface area (Å²) in [7, 11) is -4.54. The van der Waals surface area contributed by atoms with Gasteiger partial charge in [0.05, 0.1) is 21.5 Å². The lowest BCUT2D eigenvalue weighted by atomic mass is 10.1. The Kier molecular flexibility index (Phi) is 14.8. The Labute approximate surface area is 259 Å². The zero-order valence-electron chi connectivity index (χ0n) is 24.2. The standard InChI is InChI=1S/C31H42Cl2NO5PS/c1-3-4-5-6-7-8-9-10-11-12-13-14-18-37-30-21-31(29(33)20-28(30)32)39-40(35,36)38-27-17-15-16-26(19-27)23-34-22-25(2)41-24-34/h15-17,19-22,24H,3-14,18,23H2,1-2H3/p+1. The zero-order valence-corrected chi connectivity index (χ0v) is 27.4. The molecule has 0 saturated carbocycles. The molecule has 10 heteroatoms. The molecule has 0 aliphatic heterocycles. The molecule has 226 valence electrons. The van der Waals surface area contributed by atoms with E-state index in [1.54, 1.807) is 29.5 Å². The first-order valence-corrected chi connectivity index (χ1v) is 17.8. The van der Waals surface area contributed by atoms with Crippen LogP contribution >= 0.6 is 42.4 Å². The lowest BCUT2D eigenvalue weighted by Gasteiger charge is -2.16. The minimum Gasteiger partial charge on any atom is -0.492 e. The van der Waals surface area contributed by atoms with E-state index in [9.17, 15) is 9.46 Å². The van der Waals surface area contributed by atoms with Crippen molar-refractivity contribution in [1.29, 1.82) is 0 Å². The third kappa shape index (κ3) is 13.0. The summed E-state index contributed by atoms with van der Waals surface area (Å²) in [5.74, 6) is 0.528. The zero-order chi connectivity index (χ0) is 29.5. The summed E-state index contributed by atoms with van der Waals surface area (Å²) in [6.07, 6.45) is 17.2. The third-order valence-corrected chi connectivity index (χ3v) is 8.97. The predicted molar refractivity (Wildman–Crippen MR) is 169 cm³/mol. The monoisotopic (exact) mass is 642 g/mol. The smallest absolute Gasteiger partial charge is 0.492 e. The highest BCUT2D eigenvalue weighted by Gasteiger charge is 2.27. The van der Waals surface area contributed by atoms with Gasteiger partial charge in [0.25, 0.3) is 0 Å². The summed E-state index contributed by atoms with van der Waals surface area (Å²) in [6.45, 7) is 5.39. The minimum atomic E-state index is -4.54. The van der Waals surface area contributed by atoms with Crippen LogP contribution in [0.4, 0.5) is 0 Å². The number of hydrogen-bond donors (Lipinski definition) is 1. The molecule has 0 saturated heterocycles. The van der Waals surface area contributed by atoms with Crippen LogP contribution < -0.4 is 18.4 Å². The van der Waals surface area contributed by atoms with Crippen LogP contribution in [0, 0.1) is 6.92 Å². The molecule has 1 N–H and O–H groups in total. The van der Waals surface area contributed by atoms with Crippen molar-refractivity contribution in [2.24, 2.45) is 0 Å². The van der Waals surface area contributed by atoms with Crippen LogP contribution in [0.15, 0.2) is 48.1 Å². The number of hydrogen-bond acceptors (Lipinski definition) is 5. The second kappa shape index (κ2) is 18.0. The van der Waals surface area contributed by atoms with Gasteiger partial charge < -0.3 is 13.8 Å². The van der Waals surface area contributed by atoms with Crippen molar-refractivity contribution in [2.75, 3.05) is 6.61 Å². The van der Waals surface area contributed by atoms with Crippen LogP contribution in [0.2, 0.25) is 10.0 Å². The van der Waals surface area contributed by atoms with Gasteiger partial charge in [-0.05, 0) is 31.5 Å². The van der Waals surface area contributed by atoms with Crippen molar-refractivity contribution in [3.8, 4) is 17.2 Å². The van der Waals surface area contributed by atoms with E-state index in [0.29, 0.717) is 23.9 Å². The summed E-state index contributed by atoms with van der Waals surface area (Å²) in [5.41, 5.74) is 2.94. The first kappa shape index (κ1) is 33.7. The van der Waals surface area contributed by atoms with E-state index in [4.69, 9.17) is 37.0 Å². The second-order valence-corrected chi connectivity index (χ2v) is 13.6. The number of rotatable bonds is 20. The summed E-state index contributed by atoms with van der Waals surface area (Å²) in [5, 5.41) is 0.396. The molecule has 1 unspecified atom stereocenters. The van der Waals surface area contributed by atoms with Crippen molar-refractivity contribution < 1.29 is 27.8 Å². The second-order valence-electron chi connectivity index (χ2n) is 10.4. The molecule has 3 aromatic rings. The SMILES string of the molecule is CCCCCCCCCCCCCCOc1cc(OP(=O)(O)Oc2cccc(C[n+]3csc(C)c3)c2)c(Cl)cc1Cl. The van der Waals surface area contributed by atoms with Gasteiger partial charge in [0.1, 0.15) is 11.5 Å². The molecule has 0 bridgehead atoms. The van der Waals surface area contributed by atoms with E-state index in [2.05, 4.69) is 6.92 Å². The molecule has 2 aromatic carbocycles. The lowest BCUT2D eigenvalue weighted by molar-refractivity contribution is -0.683. The van der Waals surface area contributed by atoms with Gasteiger partial charge in [0.15, 0.2) is 18.5 Å². The first-order valence-electron chi connectivity index (χ1n) is 14.6. The molecule has 41 heavy (non-hydrogen) atoms. The maximum Gasteiger partial charge on any atom is 0.584 e. The maximum absolute atomic E-state index is 12.8. The van der Waals surface area contributed by atoms with Crippen molar-refractivity contribution in [1.82, 2.24) is 0 Å². The van der Waals surface area contributed by atoms with E-state index in [1.165, 1.54) is 81.2 Å². The molecule has 0 aliphatic carbocycles. The molecule has 0 fully saturated rings. The molecule has 6 nitrogen and oxygen atoms in total. The fraction of sp³-hybridized carbons (Fsp3) is 0.516. The summed E-state index contributed by atoms with van der Waals surface area (Å²) in [4.78, 5) is 11.7. The Morgan fingerprint density at radius 2 is 1.49 bits per heavy atom. The van der Waals surface area contributed by atoms with Crippen LogP contribution in [-0.2, 0) is 11.1 Å². The summed E-state index contributed by atoms with van der Waals surface area (Å²) in [6, 6.07) is 9.87. The Morgan fingerprint density at radius 3 is 2.12 bits per heavy atom. The molecule has 1 heterocycles. The highest BCUT2D eigenvalue weighted by atomic mass is 35.5. The predicted octanol–water partition coefficient (Wildman–Crippen LogP) is 10.3. The van der Waals surface area contributed by atoms with Gasteiger partial charge in [-0.3, -0.25) is 4.89 Å². The fourth-order valence-electron chi connectivity index (χ4n) is 4.53. The molecular formula is C31H43Cl2NO5PS+. The van der Waals surface area contributed by atoms with E-state index >= 15 is 0 Å². The first-order chi connectivity index (χ1) is 19.8. The van der Waals surface area contributed by atoms with Crippen LogP contribution in [0.1, 0.15) is 94.4 Å². The molecule has 1 atom stereocenters. The van der Waals surface area contributed by atoms with Crippen LogP contribution in [0.25, 0.3) is 0 Å². The largest absolute Gasteiger partial charge is 0.584 e. The fourth-order valence-corrected chi connectivity index (χ4v) is 6.51. The molecule has 3 rings (SSSR count). The number of aromatic nitrogens is 1. The number of phosphoric ester groups is 1. The van der Waals surface area contributed by atoms with Gasteiger partial charge in [-0.15, -0.1) is 0 Å². The average Bonchev–Trinajstić information content (AvgIpc) is 3.33. The number of aryl methyl sites for hydroxylation is 1. The average molecular weight is 644 g/mol. The number of halogens is 2. The number of ether oxygens (including phenoxy) is 1. The highest BCUT2D eigenvalue weighted by Crippen LogP contribution is 2.48. The quantitative estimate of drug-likeness (QED) is 0.0754. The molecule has 0 amide bonds. The topological polar surface area (TPSA) is 68.9 Å². The van der Waals surface area contributed by atoms with Crippen LogP contribution in [0.3, 0.4) is 0 Å². The molecule has 0 radical (unpaired) electrons. The number of thiazole rings is 1. The van der Waals surface area contributed by atoms with Crippen molar-refractivity contribution >= 4 is 42.4 Å². The molecule has 0 spiro atoms. The number of benzene rings is 2. The van der Waals surface area contributed by atoms with Gasteiger partial charge in [-0.2, -0.15) is 4.57 Å². The lowest BCUT2D eigenvalue weighted by Crippen LogP contribution is -2.30. The Balaban J connectivity index is 1.42. The van der Waals surface area contributed by atoms with E-state index < -0.39 is 7.82 Å². The Hall–Kier alpha value is -1.76.